The van der Waals surface area contributed by atoms with Gasteiger partial charge in [-0.25, -0.2) is 4.79 Å². The minimum Gasteiger partial charge on any atom is -0.462 e. The smallest absolute Gasteiger partial charge is 0.334 e. The van der Waals surface area contributed by atoms with Gasteiger partial charge >= 0.3 is 5.97 Å². The van der Waals surface area contributed by atoms with Crippen LogP contribution in [0.1, 0.15) is 19.3 Å². The Morgan fingerprint density at radius 1 is 1.38 bits per heavy atom. The summed E-state index contributed by atoms with van der Waals surface area (Å²) in [6.45, 7) is 0.637. The predicted octanol–water partition coefficient (Wildman–Crippen LogP) is 1.83. The zero-order valence-electron chi connectivity index (χ0n) is 7.45. The van der Waals surface area contributed by atoms with Crippen LogP contribution in [0.25, 0.3) is 0 Å². The lowest BCUT2D eigenvalue weighted by Gasteiger charge is -2.29. The molecule has 2 fully saturated rings. The van der Waals surface area contributed by atoms with Gasteiger partial charge < -0.3 is 4.74 Å². The average Bonchev–Trinajstić information content (AvgIpc) is 2.57. The van der Waals surface area contributed by atoms with Crippen molar-refractivity contribution in [3.05, 3.63) is 23.3 Å². The van der Waals surface area contributed by atoms with Crippen LogP contribution in [0.5, 0.6) is 0 Å². The van der Waals surface area contributed by atoms with Crippen LogP contribution in [0, 0.1) is 11.8 Å². The first kappa shape index (κ1) is 7.36. The van der Waals surface area contributed by atoms with Crippen LogP contribution in [-0.4, -0.2) is 12.6 Å². The molecule has 13 heavy (non-hydrogen) atoms. The first-order valence-electron chi connectivity index (χ1n) is 4.92. The zero-order chi connectivity index (χ0) is 8.84. The summed E-state index contributed by atoms with van der Waals surface area (Å²) in [6, 6.07) is 0. The summed E-state index contributed by atoms with van der Waals surface area (Å²) in [7, 11) is 0. The maximum absolute atomic E-state index is 11.4. The molecule has 0 unspecified atom stereocenters. The highest BCUT2D eigenvalue weighted by atomic mass is 16.5. The van der Waals surface area contributed by atoms with Gasteiger partial charge in [0.1, 0.15) is 0 Å². The largest absolute Gasteiger partial charge is 0.462 e. The molecule has 0 aromatic carbocycles. The fraction of sp³-hybridized carbons (Fsp3) is 0.545. The number of ether oxygens (including phenoxy) is 1. The Morgan fingerprint density at radius 3 is 3.23 bits per heavy atom. The van der Waals surface area contributed by atoms with Crippen molar-refractivity contribution in [2.45, 2.75) is 19.3 Å². The lowest BCUT2D eigenvalue weighted by atomic mass is 9.81. The number of cyclic esters (lactones) is 1. The van der Waals surface area contributed by atoms with Gasteiger partial charge in [-0.3, -0.25) is 0 Å². The van der Waals surface area contributed by atoms with Crippen LogP contribution in [0.15, 0.2) is 23.3 Å². The van der Waals surface area contributed by atoms with Crippen molar-refractivity contribution in [2.75, 3.05) is 6.61 Å². The monoisotopic (exact) mass is 176 g/mol. The number of hydrogen-bond donors (Lipinski definition) is 0. The third-order valence-corrected chi connectivity index (χ3v) is 3.39. The van der Waals surface area contributed by atoms with E-state index in [1.165, 1.54) is 18.4 Å². The van der Waals surface area contributed by atoms with Gasteiger partial charge in [0, 0.05) is 17.4 Å². The Hall–Kier alpha value is -1.05. The molecular formula is C11H12O2. The first-order chi connectivity index (χ1) is 6.36. The van der Waals surface area contributed by atoms with Crippen LogP contribution in [0.2, 0.25) is 0 Å². The van der Waals surface area contributed by atoms with E-state index in [1.807, 2.05) is 6.08 Å². The Morgan fingerprint density at radius 2 is 2.31 bits per heavy atom. The summed E-state index contributed by atoms with van der Waals surface area (Å²) in [6.07, 6.45) is 7.61. The third kappa shape index (κ3) is 0.916. The van der Waals surface area contributed by atoms with E-state index in [4.69, 9.17) is 4.74 Å². The molecule has 1 aliphatic heterocycles. The molecule has 1 heterocycles. The highest BCUT2D eigenvalue weighted by Gasteiger charge is 2.42. The maximum atomic E-state index is 11.4. The lowest BCUT2D eigenvalue weighted by Crippen LogP contribution is -2.31. The van der Waals surface area contributed by atoms with Crippen LogP contribution in [-0.2, 0) is 9.53 Å². The Bertz CT molecular complexity index is 325. The van der Waals surface area contributed by atoms with Gasteiger partial charge in [-0.05, 0) is 19.3 Å². The Labute approximate surface area is 77.3 Å². The van der Waals surface area contributed by atoms with Crippen molar-refractivity contribution >= 4 is 5.97 Å². The van der Waals surface area contributed by atoms with Gasteiger partial charge in [0.15, 0.2) is 0 Å². The number of esters is 1. The van der Waals surface area contributed by atoms with Crippen LogP contribution in [0.3, 0.4) is 0 Å². The second-order valence-electron chi connectivity index (χ2n) is 4.05. The third-order valence-electron chi connectivity index (χ3n) is 3.39. The maximum Gasteiger partial charge on any atom is 0.334 e. The molecule has 68 valence electrons. The van der Waals surface area contributed by atoms with Gasteiger partial charge in [-0.2, -0.15) is 0 Å². The molecule has 0 radical (unpaired) electrons. The predicted molar refractivity (Wildman–Crippen MR) is 48.0 cm³/mol. The molecule has 0 spiro atoms. The van der Waals surface area contributed by atoms with Gasteiger partial charge in [0.2, 0.25) is 0 Å². The van der Waals surface area contributed by atoms with Crippen LogP contribution in [0.4, 0.5) is 0 Å². The van der Waals surface area contributed by atoms with E-state index in [2.05, 4.69) is 6.08 Å². The average molecular weight is 176 g/mol. The molecule has 2 nitrogen and oxygen atoms in total. The molecule has 0 N–H and O–H groups in total. The number of rotatable bonds is 0. The van der Waals surface area contributed by atoms with E-state index in [9.17, 15) is 4.79 Å². The van der Waals surface area contributed by atoms with Crippen LogP contribution < -0.4 is 0 Å². The quantitative estimate of drug-likeness (QED) is 0.415. The van der Waals surface area contributed by atoms with E-state index in [0.717, 1.165) is 12.0 Å². The van der Waals surface area contributed by atoms with E-state index < -0.39 is 0 Å². The molecule has 3 rings (SSSR count). The molecule has 2 aliphatic carbocycles. The summed E-state index contributed by atoms with van der Waals surface area (Å²) in [4.78, 5) is 11.4. The highest BCUT2D eigenvalue weighted by molar-refractivity contribution is 5.91. The number of carbonyl (C=O) groups excluding carboxylic acids is 1. The number of allylic oxidation sites excluding steroid dienone is 3. The van der Waals surface area contributed by atoms with Gasteiger partial charge in [0.05, 0.1) is 6.61 Å². The first-order valence-corrected chi connectivity index (χ1v) is 4.92. The van der Waals surface area contributed by atoms with E-state index in [0.29, 0.717) is 18.4 Å². The SMILES string of the molecule is O=C1OC[C@H]2CCC3=CCC=C1[C@H]32. The van der Waals surface area contributed by atoms with Gasteiger partial charge in [-0.15, -0.1) is 0 Å². The van der Waals surface area contributed by atoms with Crippen molar-refractivity contribution in [1.29, 1.82) is 0 Å². The van der Waals surface area contributed by atoms with Crippen molar-refractivity contribution in [3.8, 4) is 0 Å². The second kappa shape index (κ2) is 2.47. The van der Waals surface area contributed by atoms with E-state index in [1.54, 1.807) is 0 Å². The highest BCUT2D eigenvalue weighted by Crippen LogP contribution is 2.46. The molecular weight excluding hydrogens is 164 g/mol. The van der Waals surface area contributed by atoms with Crippen molar-refractivity contribution in [1.82, 2.24) is 0 Å². The molecule has 0 amide bonds. The van der Waals surface area contributed by atoms with Gasteiger partial charge in [0.25, 0.3) is 0 Å². The summed E-state index contributed by atoms with van der Waals surface area (Å²) in [5.41, 5.74) is 2.42. The normalized spacial score (nSPS) is 36.2. The van der Waals surface area contributed by atoms with E-state index >= 15 is 0 Å². The molecule has 0 aromatic rings. The Balaban J connectivity index is 2.05. The zero-order valence-corrected chi connectivity index (χ0v) is 7.45. The number of hydrogen-bond acceptors (Lipinski definition) is 2. The lowest BCUT2D eigenvalue weighted by molar-refractivity contribution is -0.144. The molecule has 3 aliphatic rings. The molecule has 1 saturated carbocycles. The second-order valence-corrected chi connectivity index (χ2v) is 4.05. The van der Waals surface area contributed by atoms with Crippen molar-refractivity contribution < 1.29 is 9.53 Å². The minimum atomic E-state index is -0.0752. The summed E-state index contributed by atoms with van der Waals surface area (Å²) < 4.78 is 5.14. The summed E-state index contributed by atoms with van der Waals surface area (Å²) >= 11 is 0. The minimum absolute atomic E-state index is 0.0752. The standard InChI is InChI=1S/C11H12O2/c12-11-9-3-1-2-7-4-5-8(6-13-11)10(7)9/h2-3,8,10H,1,4-6H2/t8-,10-/m1/s1. The molecule has 2 heteroatoms. The summed E-state index contributed by atoms with van der Waals surface area (Å²) in [5.74, 6) is 0.930. The topological polar surface area (TPSA) is 26.3 Å². The van der Waals surface area contributed by atoms with Crippen molar-refractivity contribution in [2.24, 2.45) is 11.8 Å². The Kier molecular flexibility index (Phi) is 1.40. The van der Waals surface area contributed by atoms with Crippen LogP contribution >= 0.6 is 0 Å². The number of carbonyl (C=O) groups is 1. The molecule has 0 aromatic heterocycles. The summed E-state index contributed by atoms with van der Waals surface area (Å²) in [5, 5.41) is 0. The molecule has 1 saturated heterocycles. The van der Waals surface area contributed by atoms with Gasteiger partial charge in [-0.1, -0.05) is 17.7 Å². The van der Waals surface area contributed by atoms with Crippen molar-refractivity contribution in [3.63, 3.8) is 0 Å². The van der Waals surface area contributed by atoms with E-state index in [-0.39, 0.29) is 5.97 Å². The molecule has 0 bridgehead atoms. The molecule has 2 atom stereocenters. The fourth-order valence-corrected chi connectivity index (χ4v) is 2.78. The fourth-order valence-electron chi connectivity index (χ4n) is 2.78.